The molecule has 2 rings (SSSR count). The van der Waals surface area contributed by atoms with Gasteiger partial charge in [-0.1, -0.05) is 13.8 Å². The van der Waals surface area contributed by atoms with E-state index >= 15 is 0 Å². The number of ether oxygens (including phenoxy) is 2. The summed E-state index contributed by atoms with van der Waals surface area (Å²) in [4.78, 5) is 36.2. The van der Waals surface area contributed by atoms with Crippen LogP contribution in [0.5, 0.6) is 11.5 Å². The second-order valence-corrected chi connectivity index (χ2v) is 5.28. The van der Waals surface area contributed by atoms with Gasteiger partial charge < -0.3 is 14.6 Å². The summed E-state index contributed by atoms with van der Waals surface area (Å²) >= 11 is 0. The number of amides is 1. The van der Waals surface area contributed by atoms with E-state index in [4.69, 9.17) is 14.6 Å². The Morgan fingerprint density at radius 1 is 1.39 bits per heavy atom. The second kappa shape index (κ2) is 6.28. The highest BCUT2D eigenvalue weighted by atomic mass is 16.5. The summed E-state index contributed by atoms with van der Waals surface area (Å²) in [5, 5.41) is 9.14. The molecule has 0 unspecified atom stereocenters. The maximum atomic E-state index is 12.8. The number of fused-ring (bicyclic) bond motifs is 1. The number of hydrogen-bond acceptors (Lipinski definition) is 5. The van der Waals surface area contributed by atoms with E-state index in [0.717, 1.165) is 4.90 Å². The Morgan fingerprint density at radius 2 is 2.04 bits per heavy atom. The highest BCUT2D eigenvalue weighted by molar-refractivity contribution is 6.06. The minimum absolute atomic E-state index is 0.233. The molecule has 1 aliphatic rings. The smallest absolute Gasteiger partial charge is 0.323 e. The van der Waals surface area contributed by atoms with Gasteiger partial charge in [0.2, 0.25) is 0 Å². The average molecular weight is 321 g/mol. The molecule has 1 N–H and O–H groups in total. The number of carboxylic acids is 1. The van der Waals surface area contributed by atoms with E-state index in [-0.39, 0.29) is 17.0 Å². The lowest BCUT2D eigenvalue weighted by atomic mass is 9.92. The maximum absolute atomic E-state index is 12.8. The summed E-state index contributed by atoms with van der Waals surface area (Å²) in [5.41, 5.74) is -0.637. The summed E-state index contributed by atoms with van der Waals surface area (Å²) in [5.74, 6) is -1.01. The minimum atomic E-state index is -1.15. The van der Waals surface area contributed by atoms with Gasteiger partial charge in [0.1, 0.15) is 12.8 Å². The molecule has 1 heterocycles. The van der Waals surface area contributed by atoms with Crippen LogP contribution in [0.2, 0.25) is 0 Å². The Labute approximate surface area is 133 Å². The molecule has 0 aliphatic carbocycles. The van der Waals surface area contributed by atoms with Crippen LogP contribution in [0.4, 0.5) is 5.69 Å². The molecule has 0 aromatic heterocycles. The van der Waals surface area contributed by atoms with Gasteiger partial charge in [-0.15, -0.1) is 0 Å². The first-order chi connectivity index (χ1) is 10.9. The maximum Gasteiger partial charge on any atom is 0.323 e. The molecule has 0 spiro atoms. The SMILES string of the molecule is CCC1(CC)Oc2c(OC)cc(C=O)cc2N(CC(=O)O)C1=O. The number of methoxy groups -OCH3 is 1. The highest BCUT2D eigenvalue weighted by Gasteiger charge is 2.47. The third-order valence-electron chi connectivity index (χ3n) is 4.07. The van der Waals surface area contributed by atoms with Gasteiger partial charge in [-0.3, -0.25) is 19.3 Å². The number of carbonyl (C=O) groups is 3. The Morgan fingerprint density at radius 3 is 2.52 bits per heavy atom. The zero-order valence-electron chi connectivity index (χ0n) is 13.3. The zero-order chi connectivity index (χ0) is 17.2. The molecule has 7 nitrogen and oxygen atoms in total. The summed E-state index contributed by atoms with van der Waals surface area (Å²) in [6.45, 7) is 3.09. The lowest BCUT2D eigenvalue weighted by Crippen LogP contribution is -2.56. The standard InChI is InChI=1S/C16H19NO6/c1-4-16(5-2)15(21)17(8-13(19)20)11-6-10(9-18)7-12(22-3)14(11)23-16/h6-7,9H,4-5,8H2,1-3H3,(H,19,20). The zero-order valence-corrected chi connectivity index (χ0v) is 13.3. The van der Waals surface area contributed by atoms with Crippen LogP contribution in [-0.4, -0.2) is 42.5 Å². The molecule has 23 heavy (non-hydrogen) atoms. The first-order valence-corrected chi connectivity index (χ1v) is 7.32. The molecule has 1 amide bonds. The largest absolute Gasteiger partial charge is 0.493 e. The predicted molar refractivity (Wildman–Crippen MR) is 82.3 cm³/mol. The number of carbonyl (C=O) groups excluding carboxylic acids is 2. The summed E-state index contributed by atoms with van der Waals surface area (Å²) in [7, 11) is 1.42. The van der Waals surface area contributed by atoms with E-state index in [1.807, 2.05) is 0 Å². The molecule has 1 aliphatic heterocycles. The first-order valence-electron chi connectivity index (χ1n) is 7.32. The van der Waals surface area contributed by atoms with Crippen LogP contribution in [0.1, 0.15) is 37.0 Å². The van der Waals surface area contributed by atoms with Crippen molar-refractivity contribution in [3.05, 3.63) is 17.7 Å². The monoisotopic (exact) mass is 321 g/mol. The quantitative estimate of drug-likeness (QED) is 0.804. The fourth-order valence-electron chi connectivity index (χ4n) is 2.71. The van der Waals surface area contributed by atoms with Crippen molar-refractivity contribution >= 4 is 23.9 Å². The number of nitrogens with zero attached hydrogens (tertiary/aromatic N) is 1. The third kappa shape index (κ3) is 2.74. The summed E-state index contributed by atoms with van der Waals surface area (Å²) in [6.07, 6.45) is 1.38. The topological polar surface area (TPSA) is 93.1 Å². The highest BCUT2D eigenvalue weighted by Crippen LogP contribution is 2.46. The molecule has 1 aromatic rings. The Hall–Kier alpha value is -2.57. The lowest BCUT2D eigenvalue weighted by molar-refractivity contribution is -0.141. The van der Waals surface area contributed by atoms with Crippen molar-refractivity contribution in [2.24, 2.45) is 0 Å². The third-order valence-corrected chi connectivity index (χ3v) is 4.07. The van der Waals surface area contributed by atoms with Crippen molar-refractivity contribution in [2.45, 2.75) is 32.3 Å². The van der Waals surface area contributed by atoms with Gasteiger partial charge in [-0.2, -0.15) is 0 Å². The number of anilines is 1. The van der Waals surface area contributed by atoms with E-state index in [1.165, 1.54) is 19.2 Å². The molecule has 0 saturated carbocycles. The van der Waals surface area contributed by atoms with Gasteiger partial charge in [-0.25, -0.2) is 0 Å². The fourth-order valence-corrected chi connectivity index (χ4v) is 2.71. The molecule has 1 aromatic carbocycles. The molecule has 124 valence electrons. The molecule has 0 fully saturated rings. The van der Waals surface area contributed by atoms with Gasteiger partial charge in [-0.05, 0) is 25.0 Å². The number of benzene rings is 1. The number of aliphatic carboxylic acids is 1. The van der Waals surface area contributed by atoms with Gasteiger partial charge >= 0.3 is 5.97 Å². The lowest BCUT2D eigenvalue weighted by Gasteiger charge is -2.41. The molecular weight excluding hydrogens is 302 g/mol. The fraction of sp³-hybridized carbons (Fsp3) is 0.438. The molecule has 7 heteroatoms. The molecule has 0 bridgehead atoms. The van der Waals surface area contributed by atoms with Crippen LogP contribution in [0.3, 0.4) is 0 Å². The van der Waals surface area contributed by atoms with Gasteiger partial charge in [0.05, 0.1) is 12.8 Å². The van der Waals surface area contributed by atoms with Crippen LogP contribution in [-0.2, 0) is 9.59 Å². The number of hydrogen-bond donors (Lipinski definition) is 1. The van der Waals surface area contributed by atoms with Gasteiger partial charge in [0.25, 0.3) is 5.91 Å². The van der Waals surface area contributed by atoms with Crippen LogP contribution < -0.4 is 14.4 Å². The normalized spacial score (nSPS) is 15.6. The molecule has 0 radical (unpaired) electrons. The van der Waals surface area contributed by atoms with E-state index in [1.54, 1.807) is 13.8 Å². The van der Waals surface area contributed by atoms with Crippen LogP contribution in [0.15, 0.2) is 12.1 Å². The average Bonchev–Trinajstić information content (AvgIpc) is 2.56. The van der Waals surface area contributed by atoms with Crippen molar-refractivity contribution in [1.82, 2.24) is 0 Å². The van der Waals surface area contributed by atoms with Crippen molar-refractivity contribution in [2.75, 3.05) is 18.6 Å². The van der Waals surface area contributed by atoms with Crippen LogP contribution in [0, 0.1) is 0 Å². The minimum Gasteiger partial charge on any atom is -0.493 e. The van der Waals surface area contributed by atoms with Crippen LogP contribution >= 0.6 is 0 Å². The van der Waals surface area contributed by atoms with Gasteiger partial charge in [0.15, 0.2) is 17.1 Å². The van der Waals surface area contributed by atoms with Crippen molar-refractivity contribution < 1.29 is 29.0 Å². The van der Waals surface area contributed by atoms with Crippen molar-refractivity contribution in [3.63, 3.8) is 0 Å². The Bertz CT molecular complexity index is 650. The Balaban J connectivity index is 2.70. The number of aldehydes is 1. The number of carboxylic acid groups (broad SMARTS) is 1. The van der Waals surface area contributed by atoms with E-state index in [2.05, 4.69) is 0 Å². The number of rotatable bonds is 6. The first kappa shape index (κ1) is 16.8. The second-order valence-electron chi connectivity index (χ2n) is 5.28. The van der Waals surface area contributed by atoms with E-state index in [9.17, 15) is 14.4 Å². The summed E-state index contributed by atoms with van der Waals surface area (Å²) in [6, 6.07) is 2.93. The van der Waals surface area contributed by atoms with Crippen molar-refractivity contribution in [3.8, 4) is 11.5 Å². The van der Waals surface area contributed by atoms with Crippen LogP contribution in [0.25, 0.3) is 0 Å². The van der Waals surface area contributed by atoms with E-state index < -0.39 is 24.0 Å². The molecule has 0 saturated heterocycles. The summed E-state index contributed by atoms with van der Waals surface area (Å²) < 4.78 is 11.2. The molecule has 0 atom stereocenters. The van der Waals surface area contributed by atoms with E-state index in [0.29, 0.717) is 24.9 Å². The molecular formula is C16H19NO6. The van der Waals surface area contributed by atoms with Crippen molar-refractivity contribution in [1.29, 1.82) is 0 Å². The predicted octanol–water partition coefficient (Wildman–Crippen LogP) is 1.88. The Kier molecular flexibility index (Phi) is 4.58. The van der Waals surface area contributed by atoms with Gasteiger partial charge in [0, 0.05) is 5.56 Å².